The molecule has 25 heavy (non-hydrogen) atoms. The molecular formula is C19H20ClN3O2. The van der Waals surface area contributed by atoms with Gasteiger partial charge in [-0.3, -0.25) is 5.32 Å². The van der Waals surface area contributed by atoms with E-state index in [9.17, 15) is 4.79 Å². The van der Waals surface area contributed by atoms with Crippen LogP contribution in [0, 0.1) is 0 Å². The van der Waals surface area contributed by atoms with Crippen LogP contribution < -0.4 is 5.32 Å². The molecule has 2 aromatic rings. The van der Waals surface area contributed by atoms with Crippen molar-refractivity contribution in [3.05, 3.63) is 58.2 Å². The molecular weight excluding hydrogens is 338 g/mol. The van der Waals surface area contributed by atoms with Gasteiger partial charge in [-0.1, -0.05) is 29.8 Å². The van der Waals surface area contributed by atoms with Crippen molar-refractivity contribution in [2.24, 2.45) is 0 Å². The van der Waals surface area contributed by atoms with Crippen molar-refractivity contribution in [1.82, 2.24) is 9.88 Å². The van der Waals surface area contributed by atoms with Crippen LogP contribution in [0.4, 0.5) is 10.6 Å². The van der Waals surface area contributed by atoms with E-state index < -0.39 is 0 Å². The molecule has 2 heterocycles. The summed E-state index contributed by atoms with van der Waals surface area (Å²) in [4.78, 5) is 18.9. The molecule has 1 fully saturated rings. The molecule has 4 rings (SSSR count). The zero-order chi connectivity index (χ0) is 17.2. The maximum absolute atomic E-state index is 12.6. The van der Waals surface area contributed by atoms with Gasteiger partial charge in [-0.15, -0.1) is 0 Å². The lowest BCUT2D eigenvalue weighted by Crippen LogP contribution is -2.44. The predicted molar refractivity (Wildman–Crippen MR) is 97.0 cm³/mol. The molecule has 2 aliphatic rings. The van der Waals surface area contributed by atoms with Crippen LogP contribution in [0.25, 0.3) is 0 Å². The number of nitrogens with one attached hydrogen (secondary N) is 1. The number of halogens is 1. The van der Waals surface area contributed by atoms with Gasteiger partial charge in [0.25, 0.3) is 0 Å². The first kappa shape index (κ1) is 16.4. The number of amides is 2. The standard InChI is InChI=1S/C19H20ClN3O2/c20-15-7-4-14(5-8-15)17-12-23(10-11-25-17)19(24)22-18-9-6-13-2-1-3-16(13)21-18/h4-9,17H,1-3,10-12H2,(H,21,22,24). The molecule has 6 heteroatoms. The first-order chi connectivity index (χ1) is 12.2. The number of fused-ring (bicyclic) bond motifs is 1. The summed E-state index contributed by atoms with van der Waals surface area (Å²) in [7, 11) is 0. The Morgan fingerprint density at radius 2 is 2.04 bits per heavy atom. The van der Waals surface area contributed by atoms with Crippen molar-refractivity contribution in [3.8, 4) is 0 Å². The number of hydrogen-bond acceptors (Lipinski definition) is 3. The highest BCUT2D eigenvalue weighted by atomic mass is 35.5. The highest BCUT2D eigenvalue weighted by Crippen LogP contribution is 2.25. The van der Waals surface area contributed by atoms with E-state index in [0.717, 1.165) is 30.5 Å². The molecule has 1 aromatic heterocycles. The normalized spacial score (nSPS) is 19.6. The van der Waals surface area contributed by atoms with E-state index in [2.05, 4.69) is 16.4 Å². The number of ether oxygens (including phenoxy) is 1. The molecule has 1 saturated heterocycles. The lowest BCUT2D eigenvalue weighted by molar-refractivity contribution is -0.0135. The van der Waals surface area contributed by atoms with Gasteiger partial charge in [0.05, 0.1) is 13.2 Å². The molecule has 1 N–H and O–H groups in total. The number of hydrogen-bond donors (Lipinski definition) is 1. The molecule has 130 valence electrons. The number of aryl methyl sites for hydroxylation is 2. The summed E-state index contributed by atoms with van der Waals surface area (Å²) < 4.78 is 5.81. The third kappa shape index (κ3) is 3.62. The molecule has 1 unspecified atom stereocenters. The van der Waals surface area contributed by atoms with Gasteiger partial charge in [-0.05, 0) is 48.6 Å². The summed E-state index contributed by atoms with van der Waals surface area (Å²) >= 11 is 5.94. The predicted octanol–water partition coefficient (Wildman–Crippen LogP) is 3.83. The minimum absolute atomic E-state index is 0.132. The van der Waals surface area contributed by atoms with Crippen molar-refractivity contribution in [2.45, 2.75) is 25.4 Å². The number of carbonyl (C=O) groups is 1. The van der Waals surface area contributed by atoms with Crippen molar-refractivity contribution < 1.29 is 9.53 Å². The third-order valence-corrected chi connectivity index (χ3v) is 5.01. The van der Waals surface area contributed by atoms with E-state index in [4.69, 9.17) is 16.3 Å². The molecule has 0 bridgehead atoms. The third-order valence-electron chi connectivity index (χ3n) is 4.76. The van der Waals surface area contributed by atoms with Crippen LogP contribution in [0.3, 0.4) is 0 Å². The Kier molecular flexibility index (Phi) is 4.59. The van der Waals surface area contributed by atoms with Crippen molar-refractivity contribution in [2.75, 3.05) is 25.0 Å². The van der Waals surface area contributed by atoms with Gasteiger partial charge >= 0.3 is 6.03 Å². The maximum Gasteiger partial charge on any atom is 0.323 e. The Hall–Kier alpha value is -2.11. The summed E-state index contributed by atoms with van der Waals surface area (Å²) in [5.41, 5.74) is 3.43. The minimum atomic E-state index is -0.134. The lowest BCUT2D eigenvalue weighted by Gasteiger charge is -2.33. The van der Waals surface area contributed by atoms with Crippen LogP contribution in [-0.2, 0) is 17.6 Å². The van der Waals surface area contributed by atoms with Crippen LogP contribution in [-0.4, -0.2) is 35.6 Å². The van der Waals surface area contributed by atoms with Crippen LogP contribution in [0.15, 0.2) is 36.4 Å². The summed E-state index contributed by atoms with van der Waals surface area (Å²) in [5.74, 6) is 0.625. The molecule has 0 spiro atoms. The Morgan fingerprint density at radius 3 is 2.88 bits per heavy atom. The van der Waals surface area contributed by atoms with Gasteiger partial charge in [0, 0.05) is 17.3 Å². The quantitative estimate of drug-likeness (QED) is 0.888. The van der Waals surface area contributed by atoms with Crippen molar-refractivity contribution >= 4 is 23.4 Å². The molecule has 1 aliphatic carbocycles. The van der Waals surface area contributed by atoms with Crippen molar-refractivity contribution in [3.63, 3.8) is 0 Å². The molecule has 1 atom stereocenters. The van der Waals surface area contributed by atoms with Gasteiger partial charge < -0.3 is 9.64 Å². The number of aromatic nitrogens is 1. The molecule has 1 aliphatic heterocycles. The van der Waals surface area contributed by atoms with Gasteiger partial charge in [-0.25, -0.2) is 9.78 Å². The summed E-state index contributed by atoms with van der Waals surface area (Å²) in [5, 5.41) is 3.61. The van der Waals surface area contributed by atoms with E-state index in [1.807, 2.05) is 30.3 Å². The van der Waals surface area contributed by atoms with Crippen LogP contribution >= 0.6 is 11.6 Å². The maximum atomic E-state index is 12.6. The Balaban J connectivity index is 1.42. The number of nitrogens with zero attached hydrogens (tertiary/aromatic N) is 2. The van der Waals surface area contributed by atoms with Crippen molar-refractivity contribution in [1.29, 1.82) is 0 Å². The SMILES string of the molecule is O=C(Nc1ccc2c(n1)CCC2)N1CCOC(c2ccc(Cl)cc2)C1. The summed E-state index contributed by atoms with van der Waals surface area (Å²) in [6, 6.07) is 11.4. The Bertz CT molecular complexity index is 779. The average Bonchev–Trinajstić information content (AvgIpc) is 3.10. The van der Waals surface area contributed by atoms with Gasteiger partial charge in [0.2, 0.25) is 0 Å². The number of carbonyl (C=O) groups excluding carboxylic acids is 1. The minimum Gasteiger partial charge on any atom is -0.370 e. The van der Waals surface area contributed by atoms with E-state index in [-0.39, 0.29) is 12.1 Å². The van der Waals surface area contributed by atoms with Gasteiger partial charge in [0.15, 0.2) is 0 Å². The smallest absolute Gasteiger partial charge is 0.323 e. The second-order valence-corrected chi connectivity index (χ2v) is 6.88. The molecule has 0 saturated carbocycles. The Morgan fingerprint density at radius 1 is 1.20 bits per heavy atom. The number of benzene rings is 1. The van der Waals surface area contributed by atoms with E-state index in [1.165, 1.54) is 5.56 Å². The fourth-order valence-corrected chi connectivity index (χ4v) is 3.52. The molecule has 2 amide bonds. The highest BCUT2D eigenvalue weighted by Gasteiger charge is 2.26. The van der Waals surface area contributed by atoms with E-state index in [1.54, 1.807) is 4.90 Å². The first-order valence-electron chi connectivity index (χ1n) is 8.61. The monoisotopic (exact) mass is 357 g/mol. The average molecular weight is 358 g/mol. The zero-order valence-corrected chi connectivity index (χ0v) is 14.6. The second kappa shape index (κ2) is 7.02. The fraction of sp³-hybridized carbons (Fsp3) is 0.368. The molecule has 0 radical (unpaired) electrons. The summed E-state index contributed by atoms with van der Waals surface area (Å²) in [6.07, 6.45) is 3.09. The fourth-order valence-electron chi connectivity index (χ4n) is 3.39. The number of rotatable bonds is 2. The van der Waals surface area contributed by atoms with Crippen LogP contribution in [0.1, 0.15) is 29.3 Å². The molecule has 5 nitrogen and oxygen atoms in total. The Labute approximate surface area is 152 Å². The van der Waals surface area contributed by atoms with E-state index >= 15 is 0 Å². The largest absolute Gasteiger partial charge is 0.370 e. The number of anilines is 1. The van der Waals surface area contributed by atoms with Gasteiger partial charge in [0.1, 0.15) is 11.9 Å². The second-order valence-electron chi connectivity index (χ2n) is 6.44. The van der Waals surface area contributed by atoms with Gasteiger partial charge in [-0.2, -0.15) is 0 Å². The first-order valence-corrected chi connectivity index (χ1v) is 8.98. The zero-order valence-electron chi connectivity index (χ0n) is 13.9. The number of morpholine rings is 1. The molecule has 1 aromatic carbocycles. The summed E-state index contributed by atoms with van der Waals surface area (Å²) in [6.45, 7) is 1.59. The van der Waals surface area contributed by atoms with Crippen LogP contribution in [0.2, 0.25) is 5.02 Å². The topological polar surface area (TPSA) is 54.5 Å². The number of pyridine rings is 1. The highest BCUT2D eigenvalue weighted by molar-refractivity contribution is 6.30. The number of urea groups is 1. The lowest BCUT2D eigenvalue weighted by atomic mass is 10.1. The van der Waals surface area contributed by atoms with E-state index in [0.29, 0.717) is 30.5 Å². The van der Waals surface area contributed by atoms with Crippen LogP contribution in [0.5, 0.6) is 0 Å².